The summed E-state index contributed by atoms with van der Waals surface area (Å²) in [5.74, 6) is -1.34. The Morgan fingerprint density at radius 1 is 0.463 bits per heavy atom. The van der Waals surface area contributed by atoms with Gasteiger partial charge in [0.25, 0.3) is 0 Å². The van der Waals surface area contributed by atoms with Gasteiger partial charge < -0.3 is 89.5 Å². The van der Waals surface area contributed by atoms with Crippen LogP contribution in [0.1, 0.15) is 200 Å². The number of esters is 2. The first-order valence-corrected chi connectivity index (χ1v) is 32.2. The number of carbonyl (C=O) groups excluding carboxylic acids is 2. The normalized spacial score (nSPS) is 30.9. The summed E-state index contributed by atoms with van der Waals surface area (Å²) in [7, 11) is -5.64. The number of aliphatic hydroxyl groups is 11. The number of hydrogen-bond donors (Lipinski definition) is 12. The number of hydrogen-bond acceptors (Lipinski definition) is 22. The van der Waals surface area contributed by atoms with Crippen LogP contribution in [0.15, 0.2) is 24.3 Å². The van der Waals surface area contributed by atoms with E-state index in [9.17, 15) is 75.2 Å². The molecular formula is C58H105O23P. The number of phosphoric ester groups is 1. The number of allylic oxidation sites excluding steroid dienone is 4. The Labute approximate surface area is 485 Å². The van der Waals surface area contributed by atoms with E-state index >= 15 is 0 Å². The van der Waals surface area contributed by atoms with E-state index in [0.29, 0.717) is 12.8 Å². The number of aliphatic hydroxyl groups excluding tert-OH is 11. The van der Waals surface area contributed by atoms with E-state index in [1.807, 2.05) is 0 Å². The summed E-state index contributed by atoms with van der Waals surface area (Å²) in [6.45, 7) is 0.994. The Hall–Kier alpha value is -2.07. The van der Waals surface area contributed by atoms with E-state index in [1.54, 1.807) is 0 Å². The molecule has 10 unspecified atom stereocenters. The SMILES string of the molecule is CCCCCC/C=C\C/C=C\CCCCCCCC(=O)OC[C@H](COP(=O)(O)OC1C(O[C@@H]2OC(CO)[C@H](O)C(O)[C@@H]2O)C(O)C(O)C(O)[C@H]1O[C@H]1OC(CO)[C@@H](O)C(O)[C@H]1O)OC(=O)CCCCCCCCCCCCCCCCC. The molecule has 0 radical (unpaired) electrons. The average Bonchev–Trinajstić information content (AvgIpc) is 3.64. The topological polar surface area (TPSA) is 368 Å². The lowest BCUT2D eigenvalue weighted by Gasteiger charge is -2.49. The molecule has 0 aromatic rings. The third-order valence-corrected chi connectivity index (χ3v) is 16.3. The Morgan fingerprint density at radius 3 is 1.27 bits per heavy atom. The monoisotopic (exact) mass is 1200 g/mol. The molecule has 3 rings (SSSR count). The summed E-state index contributed by atoms with van der Waals surface area (Å²) >= 11 is 0. The van der Waals surface area contributed by atoms with Crippen molar-refractivity contribution in [2.45, 2.75) is 304 Å². The van der Waals surface area contributed by atoms with E-state index in [4.69, 9.17) is 37.5 Å². The first-order chi connectivity index (χ1) is 39.4. The van der Waals surface area contributed by atoms with Gasteiger partial charge >= 0.3 is 19.8 Å². The van der Waals surface area contributed by atoms with E-state index in [1.165, 1.54) is 83.5 Å². The number of ether oxygens (including phenoxy) is 6. The molecule has 2 heterocycles. The molecule has 1 aliphatic carbocycles. The van der Waals surface area contributed by atoms with Crippen molar-refractivity contribution in [1.29, 1.82) is 0 Å². The van der Waals surface area contributed by atoms with Gasteiger partial charge in [0.2, 0.25) is 0 Å². The second kappa shape index (κ2) is 42.7. The fraction of sp³-hybridized carbons (Fsp3) is 0.897. The maximum atomic E-state index is 14.0. The van der Waals surface area contributed by atoms with Crippen LogP contribution in [-0.4, -0.2) is 204 Å². The highest BCUT2D eigenvalue weighted by atomic mass is 31.2. The minimum atomic E-state index is -5.64. The van der Waals surface area contributed by atoms with E-state index in [-0.39, 0.29) is 12.8 Å². The number of phosphoric acid groups is 1. The van der Waals surface area contributed by atoms with Crippen LogP contribution in [0.25, 0.3) is 0 Å². The lowest BCUT2D eigenvalue weighted by Crippen LogP contribution is -2.69. The summed E-state index contributed by atoms with van der Waals surface area (Å²) in [5, 5.41) is 117. The predicted molar refractivity (Wildman–Crippen MR) is 300 cm³/mol. The van der Waals surface area contributed by atoms with Crippen LogP contribution >= 0.6 is 7.82 Å². The highest BCUT2D eigenvalue weighted by Gasteiger charge is 2.58. The van der Waals surface area contributed by atoms with Crippen LogP contribution < -0.4 is 0 Å². The fourth-order valence-corrected chi connectivity index (χ4v) is 11.1. The Bertz CT molecular complexity index is 1720. The maximum absolute atomic E-state index is 14.0. The largest absolute Gasteiger partial charge is 0.472 e. The van der Waals surface area contributed by atoms with Crippen LogP contribution in [0.5, 0.6) is 0 Å². The number of rotatable bonds is 45. The Balaban J connectivity index is 1.68. The highest BCUT2D eigenvalue weighted by molar-refractivity contribution is 7.47. The molecule has 2 saturated heterocycles. The molecule has 480 valence electrons. The number of carbonyl (C=O) groups is 2. The zero-order valence-electron chi connectivity index (χ0n) is 48.8. The Morgan fingerprint density at radius 2 is 0.841 bits per heavy atom. The molecule has 0 aromatic heterocycles. The number of unbranched alkanes of at least 4 members (excludes halogenated alkanes) is 23. The van der Waals surface area contributed by atoms with Gasteiger partial charge in [-0.3, -0.25) is 18.6 Å². The first-order valence-electron chi connectivity index (χ1n) is 30.7. The molecule has 23 nitrogen and oxygen atoms in total. The standard InChI is InChI=1S/C58H105O23P/c1-3-5-7-9-11-13-15-17-19-21-22-24-26-28-30-32-34-43(61)74-38-40(76-44(62)35-33-31-29-27-25-23-20-18-16-14-12-10-8-6-4-2)39-75-82(72,73)81-56-54(79-57-52(70)47(65)45(63)41(36-59)77-57)50(68)49(67)51(69)55(56)80-58-53(71)48(66)46(64)42(37-60)78-58/h13,15,19,21,40-42,45-60,63-71H,3-12,14,16-18,20,22-39H2,1-2H3,(H,72,73)/b15-13-,21-19-/t40-,41?,42?,45-,46+,47?,48?,49?,50?,51?,52-,53+,54-,55?,56?,57-,58+/m1/s1. The average molecular weight is 1200 g/mol. The molecule has 0 amide bonds. The molecule has 3 aliphatic rings. The molecule has 82 heavy (non-hydrogen) atoms. The van der Waals surface area contributed by atoms with Crippen molar-refractivity contribution in [1.82, 2.24) is 0 Å². The molecule has 0 aromatic carbocycles. The van der Waals surface area contributed by atoms with Crippen molar-refractivity contribution in [3.63, 3.8) is 0 Å². The Kier molecular flexibility index (Phi) is 38.6. The summed E-state index contributed by atoms with van der Waals surface area (Å²) in [5.41, 5.74) is 0. The minimum absolute atomic E-state index is 0.0316. The highest BCUT2D eigenvalue weighted by Crippen LogP contribution is 2.49. The van der Waals surface area contributed by atoms with Gasteiger partial charge in [-0.25, -0.2) is 4.57 Å². The molecule has 24 heteroatoms. The van der Waals surface area contributed by atoms with Gasteiger partial charge in [-0.15, -0.1) is 0 Å². The molecule has 18 atom stereocenters. The van der Waals surface area contributed by atoms with Crippen molar-refractivity contribution in [3.8, 4) is 0 Å². The summed E-state index contributed by atoms with van der Waals surface area (Å²) in [4.78, 5) is 37.6. The van der Waals surface area contributed by atoms with Crippen LogP contribution in [0.4, 0.5) is 0 Å². The first kappa shape index (κ1) is 74.2. The lowest BCUT2D eigenvalue weighted by molar-refractivity contribution is -0.360. The van der Waals surface area contributed by atoms with E-state index in [2.05, 4.69) is 38.2 Å². The summed E-state index contributed by atoms with van der Waals surface area (Å²) < 4.78 is 58.2. The fourth-order valence-electron chi connectivity index (χ4n) is 10.2. The second-order valence-corrected chi connectivity index (χ2v) is 23.6. The zero-order valence-corrected chi connectivity index (χ0v) is 49.7. The summed E-state index contributed by atoms with van der Waals surface area (Å²) in [6, 6.07) is 0. The molecule has 12 N–H and O–H groups in total. The van der Waals surface area contributed by atoms with Gasteiger partial charge in [-0.2, -0.15) is 0 Å². The van der Waals surface area contributed by atoms with Crippen molar-refractivity contribution in [3.05, 3.63) is 24.3 Å². The van der Waals surface area contributed by atoms with Crippen molar-refractivity contribution >= 4 is 19.8 Å². The zero-order chi connectivity index (χ0) is 60.3. The van der Waals surface area contributed by atoms with E-state index < -0.39 is 150 Å². The van der Waals surface area contributed by atoms with Gasteiger partial charge in [-0.1, -0.05) is 167 Å². The molecular weight excluding hydrogens is 1100 g/mol. The molecule has 0 spiro atoms. The molecule has 3 fully saturated rings. The van der Waals surface area contributed by atoms with E-state index in [0.717, 1.165) is 77.0 Å². The predicted octanol–water partition coefficient (Wildman–Crippen LogP) is 4.88. The minimum Gasteiger partial charge on any atom is -0.462 e. The maximum Gasteiger partial charge on any atom is 0.472 e. The smallest absolute Gasteiger partial charge is 0.462 e. The quantitative estimate of drug-likeness (QED) is 0.0167. The van der Waals surface area contributed by atoms with Gasteiger partial charge in [-0.05, 0) is 44.9 Å². The summed E-state index contributed by atoms with van der Waals surface area (Å²) in [6.07, 6.45) is 2.87. The molecule has 2 aliphatic heterocycles. The third-order valence-electron chi connectivity index (χ3n) is 15.3. The van der Waals surface area contributed by atoms with Crippen molar-refractivity contribution < 1.29 is 113 Å². The van der Waals surface area contributed by atoms with Crippen LogP contribution in [0.2, 0.25) is 0 Å². The van der Waals surface area contributed by atoms with Crippen molar-refractivity contribution in [2.75, 3.05) is 26.4 Å². The van der Waals surface area contributed by atoms with Crippen molar-refractivity contribution in [2.24, 2.45) is 0 Å². The van der Waals surface area contributed by atoms with Crippen LogP contribution in [-0.2, 0) is 51.6 Å². The van der Waals surface area contributed by atoms with Crippen LogP contribution in [0.3, 0.4) is 0 Å². The third kappa shape index (κ3) is 27.7. The van der Waals surface area contributed by atoms with Gasteiger partial charge in [0, 0.05) is 12.8 Å². The second-order valence-electron chi connectivity index (χ2n) is 22.2. The molecule has 0 bridgehead atoms. The van der Waals surface area contributed by atoms with Gasteiger partial charge in [0.05, 0.1) is 19.8 Å². The lowest BCUT2D eigenvalue weighted by atomic mass is 9.84. The van der Waals surface area contributed by atoms with Crippen LogP contribution in [0, 0.1) is 0 Å². The van der Waals surface area contributed by atoms with Gasteiger partial charge in [0.1, 0.15) is 92.1 Å². The molecule has 1 saturated carbocycles. The van der Waals surface area contributed by atoms with Gasteiger partial charge in [0.15, 0.2) is 18.7 Å².